The molecule has 2 aromatic heterocycles. The standard InChI is InChI=1S/C16H24N6O/c1-11(2)8-15(23)21-6-4-13(5-7-21)20-14-9-12(3)19-16-17-10-18-22(14)16/h9-11,13,20H,4-8H2,1-3H3. The van der Waals surface area contributed by atoms with Gasteiger partial charge in [-0.1, -0.05) is 13.8 Å². The number of carbonyl (C=O) groups is 1. The Morgan fingerprint density at radius 2 is 2.13 bits per heavy atom. The first-order valence-corrected chi connectivity index (χ1v) is 8.24. The number of aryl methyl sites for hydroxylation is 1. The molecular weight excluding hydrogens is 292 g/mol. The maximum absolute atomic E-state index is 12.1. The Labute approximate surface area is 136 Å². The predicted octanol–water partition coefficient (Wildman–Crippen LogP) is 1.88. The number of hydrogen-bond donors (Lipinski definition) is 1. The number of piperidine rings is 1. The minimum absolute atomic E-state index is 0.275. The fourth-order valence-corrected chi connectivity index (χ4v) is 2.99. The van der Waals surface area contributed by atoms with Gasteiger partial charge in [0.25, 0.3) is 5.78 Å². The molecule has 1 N–H and O–H groups in total. The molecule has 7 heteroatoms. The lowest BCUT2D eigenvalue weighted by Gasteiger charge is -2.33. The summed E-state index contributed by atoms with van der Waals surface area (Å²) in [6.07, 6.45) is 4.05. The van der Waals surface area contributed by atoms with Crippen molar-refractivity contribution in [1.29, 1.82) is 0 Å². The van der Waals surface area contributed by atoms with E-state index in [9.17, 15) is 4.79 Å². The van der Waals surface area contributed by atoms with Crippen LogP contribution in [0.5, 0.6) is 0 Å². The van der Waals surface area contributed by atoms with Crippen molar-refractivity contribution < 1.29 is 4.79 Å². The lowest BCUT2D eigenvalue weighted by Crippen LogP contribution is -2.42. The molecule has 124 valence electrons. The predicted molar refractivity (Wildman–Crippen MR) is 88.2 cm³/mol. The second kappa shape index (κ2) is 6.52. The van der Waals surface area contributed by atoms with Gasteiger partial charge in [0.1, 0.15) is 12.1 Å². The van der Waals surface area contributed by atoms with E-state index in [0.717, 1.165) is 37.4 Å². The number of rotatable bonds is 4. The summed E-state index contributed by atoms with van der Waals surface area (Å²) in [7, 11) is 0. The zero-order valence-corrected chi connectivity index (χ0v) is 14.0. The minimum Gasteiger partial charge on any atom is -0.367 e. The summed E-state index contributed by atoms with van der Waals surface area (Å²) in [6, 6.07) is 2.32. The number of amides is 1. The number of hydrogen-bond acceptors (Lipinski definition) is 5. The van der Waals surface area contributed by atoms with E-state index in [1.807, 2.05) is 17.9 Å². The second-order valence-electron chi connectivity index (χ2n) is 6.65. The maximum atomic E-state index is 12.1. The minimum atomic E-state index is 0.275. The van der Waals surface area contributed by atoms with Crippen LogP contribution in [0.4, 0.5) is 5.82 Å². The summed E-state index contributed by atoms with van der Waals surface area (Å²) in [5, 5.41) is 7.75. The van der Waals surface area contributed by atoms with Crippen LogP contribution in [0.25, 0.3) is 5.78 Å². The Bertz CT molecular complexity index is 687. The molecule has 0 radical (unpaired) electrons. The van der Waals surface area contributed by atoms with Crippen molar-refractivity contribution in [2.75, 3.05) is 18.4 Å². The molecule has 1 amide bonds. The van der Waals surface area contributed by atoms with E-state index >= 15 is 0 Å². The van der Waals surface area contributed by atoms with Crippen LogP contribution < -0.4 is 5.32 Å². The largest absolute Gasteiger partial charge is 0.367 e. The van der Waals surface area contributed by atoms with E-state index < -0.39 is 0 Å². The van der Waals surface area contributed by atoms with Crippen LogP contribution in [-0.4, -0.2) is 49.5 Å². The molecule has 23 heavy (non-hydrogen) atoms. The van der Waals surface area contributed by atoms with Gasteiger partial charge in [-0.15, -0.1) is 0 Å². The molecule has 0 atom stereocenters. The average Bonchev–Trinajstić information content (AvgIpc) is 2.95. The Hall–Kier alpha value is -2.18. The molecule has 1 fully saturated rings. The highest BCUT2D eigenvalue weighted by Gasteiger charge is 2.23. The average molecular weight is 316 g/mol. The van der Waals surface area contributed by atoms with Gasteiger partial charge >= 0.3 is 0 Å². The van der Waals surface area contributed by atoms with Gasteiger partial charge in [-0.3, -0.25) is 4.79 Å². The summed E-state index contributed by atoms with van der Waals surface area (Å²) in [5.41, 5.74) is 0.914. The van der Waals surface area contributed by atoms with Crippen LogP contribution in [0.1, 0.15) is 38.8 Å². The van der Waals surface area contributed by atoms with Crippen molar-refractivity contribution in [2.45, 2.75) is 46.1 Å². The number of fused-ring (bicyclic) bond motifs is 1. The lowest BCUT2D eigenvalue weighted by molar-refractivity contribution is -0.132. The van der Waals surface area contributed by atoms with Gasteiger partial charge in [-0.2, -0.15) is 14.6 Å². The molecule has 7 nitrogen and oxygen atoms in total. The quantitative estimate of drug-likeness (QED) is 0.932. The van der Waals surface area contributed by atoms with E-state index in [1.54, 1.807) is 4.52 Å². The molecule has 3 rings (SSSR count). The van der Waals surface area contributed by atoms with Crippen LogP contribution in [-0.2, 0) is 4.79 Å². The van der Waals surface area contributed by atoms with E-state index in [2.05, 4.69) is 34.2 Å². The zero-order chi connectivity index (χ0) is 16.4. The van der Waals surface area contributed by atoms with Gasteiger partial charge in [-0.25, -0.2) is 4.98 Å². The van der Waals surface area contributed by atoms with Gasteiger partial charge in [0.05, 0.1) is 0 Å². The number of nitrogens with one attached hydrogen (secondary N) is 1. The monoisotopic (exact) mass is 316 g/mol. The first kappa shape index (κ1) is 15.7. The van der Waals surface area contributed by atoms with Crippen molar-refractivity contribution in [1.82, 2.24) is 24.5 Å². The smallest absolute Gasteiger partial charge is 0.254 e. The lowest BCUT2D eigenvalue weighted by atomic mass is 10.0. The second-order valence-corrected chi connectivity index (χ2v) is 6.65. The molecule has 1 saturated heterocycles. The van der Waals surface area contributed by atoms with Crippen LogP contribution in [0.15, 0.2) is 12.4 Å². The third-order valence-corrected chi connectivity index (χ3v) is 4.16. The van der Waals surface area contributed by atoms with Gasteiger partial charge in [0, 0.05) is 37.3 Å². The molecule has 0 aliphatic carbocycles. The fourth-order valence-electron chi connectivity index (χ4n) is 2.99. The topological polar surface area (TPSA) is 75.4 Å². The fraction of sp³-hybridized carbons (Fsp3) is 0.625. The van der Waals surface area contributed by atoms with E-state index in [0.29, 0.717) is 24.2 Å². The Morgan fingerprint density at radius 3 is 2.83 bits per heavy atom. The number of likely N-dealkylation sites (tertiary alicyclic amines) is 1. The van der Waals surface area contributed by atoms with E-state index in [-0.39, 0.29) is 5.91 Å². The van der Waals surface area contributed by atoms with Crippen LogP contribution >= 0.6 is 0 Å². The van der Waals surface area contributed by atoms with Gasteiger partial charge in [-0.05, 0) is 25.7 Å². The number of carbonyl (C=O) groups excluding carboxylic acids is 1. The zero-order valence-electron chi connectivity index (χ0n) is 14.0. The molecule has 1 aliphatic rings. The molecular formula is C16H24N6O. The first-order chi connectivity index (χ1) is 11.0. The van der Waals surface area contributed by atoms with Crippen LogP contribution in [0.3, 0.4) is 0 Å². The van der Waals surface area contributed by atoms with Crippen molar-refractivity contribution in [3.05, 3.63) is 18.1 Å². The third-order valence-electron chi connectivity index (χ3n) is 4.16. The maximum Gasteiger partial charge on any atom is 0.254 e. The van der Waals surface area contributed by atoms with Crippen molar-refractivity contribution >= 4 is 17.5 Å². The summed E-state index contributed by atoms with van der Waals surface area (Å²) < 4.78 is 1.73. The van der Waals surface area contributed by atoms with Crippen LogP contribution in [0, 0.1) is 12.8 Å². The van der Waals surface area contributed by atoms with Gasteiger partial charge in [0.15, 0.2) is 0 Å². The first-order valence-electron chi connectivity index (χ1n) is 8.24. The molecule has 0 bridgehead atoms. The number of aromatic nitrogens is 4. The third kappa shape index (κ3) is 3.60. The summed E-state index contributed by atoms with van der Waals surface area (Å²) >= 11 is 0. The summed E-state index contributed by atoms with van der Waals surface area (Å²) in [6.45, 7) is 7.75. The number of anilines is 1. The van der Waals surface area contributed by atoms with Crippen molar-refractivity contribution in [2.24, 2.45) is 5.92 Å². The van der Waals surface area contributed by atoms with Crippen molar-refractivity contribution in [3.63, 3.8) is 0 Å². The number of nitrogens with zero attached hydrogens (tertiary/aromatic N) is 5. The van der Waals surface area contributed by atoms with Crippen LogP contribution in [0.2, 0.25) is 0 Å². The Balaban J connectivity index is 1.62. The summed E-state index contributed by atoms with van der Waals surface area (Å²) in [5.74, 6) is 2.21. The molecule has 2 aromatic rings. The summed E-state index contributed by atoms with van der Waals surface area (Å²) in [4.78, 5) is 22.6. The molecule has 0 spiro atoms. The highest BCUT2D eigenvalue weighted by atomic mass is 16.2. The molecule has 0 unspecified atom stereocenters. The van der Waals surface area contributed by atoms with Gasteiger partial charge in [0.2, 0.25) is 5.91 Å². The Kier molecular flexibility index (Phi) is 4.45. The SMILES string of the molecule is Cc1cc(NC2CCN(C(=O)CC(C)C)CC2)n2ncnc2n1. The molecule has 3 heterocycles. The van der Waals surface area contributed by atoms with Gasteiger partial charge < -0.3 is 10.2 Å². The molecule has 0 aromatic carbocycles. The molecule has 0 saturated carbocycles. The normalized spacial score (nSPS) is 16.3. The molecule has 1 aliphatic heterocycles. The van der Waals surface area contributed by atoms with E-state index in [4.69, 9.17) is 0 Å². The van der Waals surface area contributed by atoms with E-state index in [1.165, 1.54) is 6.33 Å². The highest BCUT2D eigenvalue weighted by Crippen LogP contribution is 2.18. The van der Waals surface area contributed by atoms with Crippen molar-refractivity contribution in [3.8, 4) is 0 Å². The highest BCUT2D eigenvalue weighted by molar-refractivity contribution is 5.76. The Morgan fingerprint density at radius 1 is 1.39 bits per heavy atom.